The van der Waals surface area contributed by atoms with Gasteiger partial charge in [-0.15, -0.1) is 0 Å². The minimum atomic E-state index is -0.0629. The van der Waals surface area contributed by atoms with Crippen LogP contribution in [0.2, 0.25) is 0 Å². The molecule has 1 aromatic carbocycles. The zero-order chi connectivity index (χ0) is 13.9. The molecule has 1 heterocycles. The molecule has 1 aromatic heterocycles. The van der Waals surface area contributed by atoms with E-state index in [1.807, 2.05) is 36.4 Å². The number of fused-ring (bicyclic) bond motifs is 1. The summed E-state index contributed by atoms with van der Waals surface area (Å²) in [6.45, 7) is 0.191. The number of carbonyl (C=O) groups excluding carboxylic acids is 1. The van der Waals surface area contributed by atoms with Crippen LogP contribution in [0.5, 0.6) is 0 Å². The standard InChI is InChI=1S/C17H17NO2/c19-15(11-13-5-2-1-3-6-13)12-18-16-8-4-7-14(16)9-10-17(18)20/h1-3,5-6,9-10H,4,7-8,11-12H2. The van der Waals surface area contributed by atoms with Gasteiger partial charge in [0, 0.05) is 18.2 Å². The minimum Gasteiger partial charge on any atom is -0.305 e. The van der Waals surface area contributed by atoms with E-state index in [1.165, 1.54) is 5.56 Å². The van der Waals surface area contributed by atoms with Crippen LogP contribution in [0.4, 0.5) is 0 Å². The fourth-order valence-corrected chi connectivity index (χ4v) is 2.86. The zero-order valence-corrected chi connectivity index (χ0v) is 11.3. The average molecular weight is 267 g/mol. The van der Waals surface area contributed by atoms with E-state index in [-0.39, 0.29) is 17.9 Å². The highest BCUT2D eigenvalue weighted by molar-refractivity contribution is 5.80. The molecule has 3 rings (SSSR count). The van der Waals surface area contributed by atoms with Crippen molar-refractivity contribution in [3.8, 4) is 0 Å². The van der Waals surface area contributed by atoms with Crippen molar-refractivity contribution in [1.29, 1.82) is 0 Å². The first-order valence-corrected chi connectivity index (χ1v) is 7.01. The normalized spacial score (nSPS) is 13.2. The number of aryl methyl sites for hydroxylation is 1. The Morgan fingerprint density at radius 2 is 1.85 bits per heavy atom. The molecule has 102 valence electrons. The molecule has 0 atom stereocenters. The molecule has 0 saturated carbocycles. The van der Waals surface area contributed by atoms with Gasteiger partial charge in [0.2, 0.25) is 0 Å². The maximum Gasteiger partial charge on any atom is 0.251 e. The van der Waals surface area contributed by atoms with E-state index in [4.69, 9.17) is 0 Å². The third-order valence-electron chi connectivity index (χ3n) is 3.83. The summed E-state index contributed by atoms with van der Waals surface area (Å²) in [5.41, 5.74) is 3.21. The van der Waals surface area contributed by atoms with Gasteiger partial charge in [-0.3, -0.25) is 9.59 Å². The quantitative estimate of drug-likeness (QED) is 0.851. The van der Waals surface area contributed by atoms with Gasteiger partial charge in [-0.1, -0.05) is 36.4 Å². The highest BCUT2D eigenvalue weighted by atomic mass is 16.1. The molecular formula is C17H17NO2. The van der Waals surface area contributed by atoms with E-state index in [1.54, 1.807) is 10.6 Å². The summed E-state index contributed by atoms with van der Waals surface area (Å²) in [6.07, 6.45) is 3.38. The fraction of sp³-hybridized carbons (Fsp3) is 0.294. The Balaban J connectivity index is 1.80. The molecule has 1 aliphatic carbocycles. The number of aromatic nitrogens is 1. The van der Waals surface area contributed by atoms with Crippen LogP contribution in [0.3, 0.4) is 0 Å². The second-order valence-electron chi connectivity index (χ2n) is 5.28. The number of nitrogens with zero attached hydrogens (tertiary/aromatic N) is 1. The molecule has 0 bridgehead atoms. The Labute approximate surface area is 117 Å². The van der Waals surface area contributed by atoms with Gasteiger partial charge >= 0.3 is 0 Å². The summed E-state index contributed by atoms with van der Waals surface area (Å²) in [7, 11) is 0. The largest absolute Gasteiger partial charge is 0.305 e. The summed E-state index contributed by atoms with van der Waals surface area (Å²) in [6, 6.07) is 13.2. The molecule has 0 amide bonds. The lowest BCUT2D eigenvalue weighted by Crippen LogP contribution is -2.27. The van der Waals surface area contributed by atoms with Gasteiger partial charge in [0.25, 0.3) is 5.56 Å². The molecule has 20 heavy (non-hydrogen) atoms. The van der Waals surface area contributed by atoms with E-state index < -0.39 is 0 Å². The lowest BCUT2D eigenvalue weighted by molar-refractivity contribution is -0.119. The first kappa shape index (κ1) is 12.9. The van der Waals surface area contributed by atoms with Crippen LogP contribution in [0.25, 0.3) is 0 Å². The van der Waals surface area contributed by atoms with Crippen molar-refractivity contribution in [1.82, 2.24) is 4.57 Å². The van der Waals surface area contributed by atoms with Crippen LogP contribution in [-0.4, -0.2) is 10.4 Å². The molecule has 0 saturated heterocycles. The predicted octanol–water partition coefficient (Wildman–Crippen LogP) is 2.15. The average Bonchev–Trinajstić information content (AvgIpc) is 2.92. The Hall–Kier alpha value is -2.16. The van der Waals surface area contributed by atoms with Gasteiger partial charge in [-0.05, 0) is 30.4 Å². The van der Waals surface area contributed by atoms with Crippen molar-refractivity contribution in [3.05, 3.63) is 69.6 Å². The second-order valence-corrected chi connectivity index (χ2v) is 5.28. The van der Waals surface area contributed by atoms with Crippen LogP contribution in [0.1, 0.15) is 23.2 Å². The summed E-state index contributed by atoms with van der Waals surface area (Å²) in [4.78, 5) is 24.2. The lowest BCUT2D eigenvalue weighted by atomic mass is 10.1. The molecule has 0 spiro atoms. The third kappa shape index (κ3) is 2.57. The molecule has 3 heteroatoms. The molecule has 2 aromatic rings. The van der Waals surface area contributed by atoms with Crippen LogP contribution in [0.15, 0.2) is 47.3 Å². The molecule has 3 nitrogen and oxygen atoms in total. The van der Waals surface area contributed by atoms with Gasteiger partial charge in [0.05, 0.1) is 6.54 Å². The highest BCUT2D eigenvalue weighted by Gasteiger charge is 2.17. The van der Waals surface area contributed by atoms with E-state index in [9.17, 15) is 9.59 Å². The number of rotatable bonds is 4. The first-order chi connectivity index (χ1) is 9.74. The van der Waals surface area contributed by atoms with E-state index in [2.05, 4.69) is 0 Å². The lowest BCUT2D eigenvalue weighted by Gasteiger charge is -2.11. The van der Waals surface area contributed by atoms with Crippen LogP contribution >= 0.6 is 0 Å². The number of ketones is 1. The Morgan fingerprint density at radius 1 is 1.05 bits per heavy atom. The van der Waals surface area contributed by atoms with Gasteiger partial charge in [-0.2, -0.15) is 0 Å². The van der Waals surface area contributed by atoms with Crippen molar-refractivity contribution in [2.24, 2.45) is 0 Å². The van der Waals surface area contributed by atoms with Crippen LogP contribution in [-0.2, 0) is 30.6 Å². The highest BCUT2D eigenvalue weighted by Crippen LogP contribution is 2.19. The second kappa shape index (κ2) is 5.45. The van der Waals surface area contributed by atoms with Crippen molar-refractivity contribution in [2.45, 2.75) is 32.2 Å². The third-order valence-corrected chi connectivity index (χ3v) is 3.83. The number of Topliss-reactive ketones (excluding diaryl/α,β-unsaturated/α-hetero) is 1. The molecule has 0 aliphatic heterocycles. The SMILES string of the molecule is O=C(Cc1ccccc1)Cn1c2c(ccc1=O)CCC2. The molecule has 0 N–H and O–H groups in total. The smallest absolute Gasteiger partial charge is 0.251 e. The maximum absolute atomic E-state index is 12.2. The molecule has 1 aliphatic rings. The van der Waals surface area contributed by atoms with Crippen LogP contribution in [0, 0.1) is 0 Å². The van der Waals surface area contributed by atoms with Crippen molar-refractivity contribution >= 4 is 5.78 Å². The maximum atomic E-state index is 12.2. The van der Waals surface area contributed by atoms with Gasteiger partial charge in [-0.25, -0.2) is 0 Å². The summed E-state index contributed by atoms with van der Waals surface area (Å²) >= 11 is 0. The molecule has 0 fully saturated rings. The number of benzene rings is 1. The fourth-order valence-electron chi connectivity index (χ4n) is 2.86. The molecular weight excluding hydrogens is 250 g/mol. The summed E-state index contributed by atoms with van der Waals surface area (Å²) < 4.78 is 1.66. The number of carbonyl (C=O) groups is 1. The topological polar surface area (TPSA) is 39.1 Å². The van der Waals surface area contributed by atoms with Gasteiger partial charge < -0.3 is 4.57 Å². The van der Waals surface area contributed by atoms with E-state index in [0.29, 0.717) is 6.42 Å². The Kier molecular flexibility index (Phi) is 3.50. The van der Waals surface area contributed by atoms with Crippen molar-refractivity contribution < 1.29 is 4.79 Å². The van der Waals surface area contributed by atoms with Crippen molar-refractivity contribution in [3.63, 3.8) is 0 Å². The van der Waals surface area contributed by atoms with Gasteiger partial charge in [0.1, 0.15) is 0 Å². The van der Waals surface area contributed by atoms with Crippen LogP contribution < -0.4 is 5.56 Å². The van der Waals surface area contributed by atoms with Crippen molar-refractivity contribution in [2.75, 3.05) is 0 Å². The molecule has 0 unspecified atom stereocenters. The van der Waals surface area contributed by atoms with E-state index in [0.717, 1.165) is 30.5 Å². The summed E-state index contributed by atoms with van der Waals surface area (Å²) in [5.74, 6) is 0.0820. The number of pyridine rings is 1. The Morgan fingerprint density at radius 3 is 2.65 bits per heavy atom. The minimum absolute atomic E-state index is 0.0629. The number of hydrogen-bond acceptors (Lipinski definition) is 2. The first-order valence-electron chi connectivity index (χ1n) is 7.01. The Bertz CT molecular complexity index is 686. The van der Waals surface area contributed by atoms with Gasteiger partial charge in [0.15, 0.2) is 5.78 Å². The summed E-state index contributed by atoms with van der Waals surface area (Å²) in [5, 5.41) is 0. The zero-order valence-electron chi connectivity index (χ0n) is 11.3. The number of hydrogen-bond donors (Lipinski definition) is 0. The predicted molar refractivity (Wildman–Crippen MR) is 77.9 cm³/mol. The monoisotopic (exact) mass is 267 g/mol. The molecule has 0 radical (unpaired) electrons. The van der Waals surface area contributed by atoms with E-state index >= 15 is 0 Å².